The lowest BCUT2D eigenvalue weighted by Crippen LogP contribution is -2.03. The molecule has 90 valence electrons. The van der Waals surface area contributed by atoms with E-state index in [9.17, 15) is 13.9 Å². The third-order valence-electron chi connectivity index (χ3n) is 2.34. The van der Waals surface area contributed by atoms with Crippen LogP contribution in [0.5, 0.6) is 0 Å². The van der Waals surface area contributed by atoms with Crippen molar-refractivity contribution in [2.75, 3.05) is 0 Å². The smallest absolute Gasteiger partial charge is 0.131 e. The lowest BCUT2D eigenvalue weighted by atomic mass is 10.1. The molecule has 2 rings (SSSR count). The monoisotopic (exact) mass is 318 g/mol. The summed E-state index contributed by atoms with van der Waals surface area (Å²) in [5, 5.41) is 11.8. The Morgan fingerprint density at radius 1 is 1.29 bits per heavy atom. The molecule has 1 aromatic carbocycles. The van der Waals surface area contributed by atoms with Crippen LogP contribution in [0.25, 0.3) is 0 Å². The van der Waals surface area contributed by atoms with Crippen molar-refractivity contribution in [3.05, 3.63) is 56.2 Å². The molecule has 0 radical (unpaired) electrons. The molecule has 0 spiro atoms. The van der Waals surface area contributed by atoms with Crippen molar-refractivity contribution in [3.63, 3.8) is 0 Å². The molecule has 0 saturated heterocycles. The van der Waals surface area contributed by atoms with E-state index >= 15 is 0 Å². The summed E-state index contributed by atoms with van der Waals surface area (Å²) in [6.07, 6.45) is -0.639. The average molecular weight is 319 g/mol. The Kier molecular flexibility index (Phi) is 3.91. The van der Waals surface area contributed by atoms with Crippen LogP contribution in [0, 0.1) is 11.6 Å². The topological polar surface area (TPSA) is 20.2 Å². The first-order valence-electron chi connectivity index (χ1n) is 4.92. The highest BCUT2D eigenvalue weighted by Crippen LogP contribution is 2.26. The average Bonchev–Trinajstić information content (AvgIpc) is 2.63. The van der Waals surface area contributed by atoms with Crippen molar-refractivity contribution < 1.29 is 13.9 Å². The minimum atomic E-state index is -0.957. The molecule has 1 heterocycles. The number of hydrogen-bond acceptors (Lipinski definition) is 2. The van der Waals surface area contributed by atoms with Crippen LogP contribution in [-0.4, -0.2) is 5.11 Å². The first kappa shape index (κ1) is 12.7. The second-order valence-corrected chi connectivity index (χ2v) is 5.53. The molecule has 0 saturated carbocycles. The van der Waals surface area contributed by atoms with E-state index in [0.717, 1.165) is 21.5 Å². The molecule has 0 amide bonds. The van der Waals surface area contributed by atoms with Crippen molar-refractivity contribution in [1.82, 2.24) is 0 Å². The molecular formula is C12H9BrF2OS. The van der Waals surface area contributed by atoms with Crippen LogP contribution in [0.1, 0.15) is 16.5 Å². The summed E-state index contributed by atoms with van der Waals surface area (Å²) in [5.41, 5.74) is 0.121. The van der Waals surface area contributed by atoms with Gasteiger partial charge in [0.25, 0.3) is 0 Å². The van der Waals surface area contributed by atoms with Gasteiger partial charge < -0.3 is 5.11 Å². The zero-order valence-electron chi connectivity index (χ0n) is 8.66. The van der Waals surface area contributed by atoms with Crippen molar-refractivity contribution in [3.8, 4) is 0 Å². The summed E-state index contributed by atoms with van der Waals surface area (Å²) in [4.78, 5) is 0.938. The summed E-state index contributed by atoms with van der Waals surface area (Å²) in [6.45, 7) is 0. The Hall–Kier alpha value is -0.780. The molecule has 1 unspecified atom stereocenters. The minimum absolute atomic E-state index is 0.121. The number of rotatable bonds is 3. The van der Waals surface area contributed by atoms with Crippen LogP contribution >= 0.6 is 27.3 Å². The van der Waals surface area contributed by atoms with Gasteiger partial charge in [-0.2, -0.15) is 0 Å². The third-order valence-corrected chi connectivity index (χ3v) is 4.06. The van der Waals surface area contributed by atoms with E-state index in [0.29, 0.717) is 6.42 Å². The summed E-state index contributed by atoms with van der Waals surface area (Å²) in [7, 11) is 0. The molecule has 0 aliphatic heterocycles. The van der Waals surface area contributed by atoms with Gasteiger partial charge >= 0.3 is 0 Å². The van der Waals surface area contributed by atoms with E-state index in [-0.39, 0.29) is 5.56 Å². The first-order chi connectivity index (χ1) is 8.06. The van der Waals surface area contributed by atoms with E-state index in [4.69, 9.17) is 0 Å². The van der Waals surface area contributed by atoms with E-state index in [2.05, 4.69) is 15.9 Å². The highest BCUT2D eigenvalue weighted by atomic mass is 79.9. The zero-order chi connectivity index (χ0) is 12.4. The van der Waals surface area contributed by atoms with Gasteiger partial charge in [-0.05, 0) is 28.1 Å². The van der Waals surface area contributed by atoms with E-state index in [1.165, 1.54) is 17.4 Å². The summed E-state index contributed by atoms with van der Waals surface area (Å²) in [5.74, 6) is -1.36. The van der Waals surface area contributed by atoms with Gasteiger partial charge in [-0.25, -0.2) is 8.78 Å². The Morgan fingerprint density at radius 2 is 2.06 bits per heavy atom. The molecular weight excluding hydrogens is 310 g/mol. The molecule has 0 bridgehead atoms. The predicted octanol–water partition coefficient (Wildman–Crippen LogP) is 4.06. The molecule has 2 aromatic rings. The maximum Gasteiger partial charge on any atom is 0.131 e. The summed E-state index contributed by atoms with van der Waals surface area (Å²) in [6, 6.07) is 5.07. The highest BCUT2D eigenvalue weighted by Gasteiger charge is 2.15. The Morgan fingerprint density at radius 3 is 2.65 bits per heavy atom. The highest BCUT2D eigenvalue weighted by molar-refractivity contribution is 9.10. The maximum absolute atomic E-state index is 13.4. The number of halogens is 3. The minimum Gasteiger partial charge on any atom is -0.388 e. The van der Waals surface area contributed by atoms with Gasteiger partial charge in [-0.3, -0.25) is 0 Å². The number of aliphatic hydroxyl groups excluding tert-OH is 1. The third kappa shape index (κ3) is 3.12. The largest absolute Gasteiger partial charge is 0.388 e. The van der Waals surface area contributed by atoms with Crippen LogP contribution in [0.15, 0.2) is 34.1 Å². The lowest BCUT2D eigenvalue weighted by molar-refractivity contribution is 0.174. The Bertz CT molecular complexity index is 527. The van der Waals surface area contributed by atoms with Gasteiger partial charge in [0.15, 0.2) is 0 Å². The van der Waals surface area contributed by atoms with Crippen LogP contribution in [0.2, 0.25) is 0 Å². The molecule has 0 aliphatic carbocycles. The van der Waals surface area contributed by atoms with Crippen molar-refractivity contribution in [2.45, 2.75) is 12.5 Å². The summed E-state index contributed by atoms with van der Waals surface area (Å²) < 4.78 is 27.1. The van der Waals surface area contributed by atoms with Crippen LogP contribution in [-0.2, 0) is 6.42 Å². The molecule has 1 nitrogen and oxygen atoms in total. The second kappa shape index (κ2) is 5.25. The van der Waals surface area contributed by atoms with Gasteiger partial charge in [0.1, 0.15) is 11.6 Å². The van der Waals surface area contributed by atoms with Crippen molar-refractivity contribution >= 4 is 27.3 Å². The van der Waals surface area contributed by atoms with Crippen LogP contribution < -0.4 is 0 Å². The van der Waals surface area contributed by atoms with E-state index < -0.39 is 17.7 Å². The van der Waals surface area contributed by atoms with Gasteiger partial charge in [-0.15, -0.1) is 11.3 Å². The Balaban J connectivity index is 2.17. The molecule has 1 atom stereocenters. The maximum atomic E-state index is 13.4. The molecule has 1 aromatic heterocycles. The van der Waals surface area contributed by atoms with Crippen LogP contribution in [0.3, 0.4) is 0 Å². The van der Waals surface area contributed by atoms with E-state index in [1.54, 1.807) is 0 Å². The first-order valence-corrected chi connectivity index (χ1v) is 6.59. The normalized spacial score (nSPS) is 12.7. The molecule has 0 aliphatic rings. The SMILES string of the molecule is OC(Cc1cc(Br)cs1)c1ccc(F)cc1F. The van der Waals surface area contributed by atoms with E-state index in [1.807, 2.05) is 11.4 Å². The number of aliphatic hydroxyl groups is 1. The van der Waals surface area contributed by atoms with Gasteiger partial charge in [0, 0.05) is 32.8 Å². The number of benzene rings is 1. The molecule has 17 heavy (non-hydrogen) atoms. The van der Waals surface area contributed by atoms with Crippen LogP contribution in [0.4, 0.5) is 8.78 Å². The van der Waals surface area contributed by atoms with Gasteiger partial charge in [-0.1, -0.05) is 6.07 Å². The van der Waals surface area contributed by atoms with Gasteiger partial charge in [0.2, 0.25) is 0 Å². The second-order valence-electron chi connectivity index (χ2n) is 3.62. The van der Waals surface area contributed by atoms with Crippen molar-refractivity contribution in [2.24, 2.45) is 0 Å². The fourth-order valence-corrected chi connectivity index (χ4v) is 3.02. The van der Waals surface area contributed by atoms with Crippen molar-refractivity contribution in [1.29, 1.82) is 0 Å². The number of thiophene rings is 1. The van der Waals surface area contributed by atoms with Gasteiger partial charge in [0.05, 0.1) is 6.10 Å². The zero-order valence-corrected chi connectivity index (χ0v) is 11.1. The molecule has 0 fully saturated rings. The fraction of sp³-hybridized carbons (Fsp3) is 0.167. The number of hydrogen-bond donors (Lipinski definition) is 1. The lowest BCUT2D eigenvalue weighted by Gasteiger charge is -2.10. The fourth-order valence-electron chi connectivity index (χ4n) is 1.53. The predicted molar refractivity (Wildman–Crippen MR) is 67.0 cm³/mol. The Labute approximate surface area is 110 Å². The molecule has 5 heteroatoms. The standard InChI is InChI=1S/C12H9BrF2OS/c13-7-3-9(17-6-7)5-12(16)10-2-1-8(14)4-11(10)15/h1-4,6,12,16H,5H2. The summed E-state index contributed by atoms with van der Waals surface area (Å²) >= 11 is 4.79. The molecule has 1 N–H and O–H groups in total. The quantitative estimate of drug-likeness (QED) is 0.904.